The molecule has 14 heavy (non-hydrogen) atoms. The zero-order valence-electron chi connectivity index (χ0n) is 7.62. The van der Waals surface area contributed by atoms with Gasteiger partial charge in [0.15, 0.2) is 0 Å². The van der Waals surface area contributed by atoms with E-state index in [1.54, 1.807) is 18.2 Å². The molecular formula is C10H12N4. The van der Waals surface area contributed by atoms with Gasteiger partial charge in [-0.05, 0) is 23.6 Å². The second-order valence-electron chi connectivity index (χ2n) is 3.27. The first-order chi connectivity index (χ1) is 6.59. The topological polar surface area (TPSA) is 104 Å². The monoisotopic (exact) mass is 188 g/mol. The number of fused-ring (bicyclic) bond motifs is 1. The summed E-state index contributed by atoms with van der Waals surface area (Å²) in [6.45, 7) is 0. The van der Waals surface area contributed by atoms with Crippen LogP contribution < -0.4 is 22.9 Å². The Bertz CT molecular complexity index is 505. The molecular weight excluding hydrogens is 176 g/mol. The van der Waals surface area contributed by atoms with Crippen LogP contribution in [0.25, 0.3) is 10.8 Å². The van der Waals surface area contributed by atoms with Crippen LogP contribution >= 0.6 is 0 Å². The van der Waals surface area contributed by atoms with E-state index in [9.17, 15) is 0 Å². The molecule has 0 aromatic heterocycles. The molecule has 0 unspecified atom stereocenters. The molecule has 0 radical (unpaired) electrons. The van der Waals surface area contributed by atoms with E-state index in [0.29, 0.717) is 22.7 Å². The van der Waals surface area contributed by atoms with Gasteiger partial charge in [0, 0.05) is 5.39 Å². The number of hydrogen-bond acceptors (Lipinski definition) is 4. The molecule has 0 aliphatic carbocycles. The fourth-order valence-corrected chi connectivity index (χ4v) is 1.45. The Hall–Kier alpha value is -2.10. The number of hydrogen-bond donors (Lipinski definition) is 4. The summed E-state index contributed by atoms with van der Waals surface area (Å²) in [6.07, 6.45) is 0. The number of anilines is 4. The van der Waals surface area contributed by atoms with Crippen molar-refractivity contribution in [1.29, 1.82) is 0 Å². The lowest BCUT2D eigenvalue weighted by Crippen LogP contribution is -1.98. The van der Waals surface area contributed by atoms with Gasteiger partial charge in [-0.25, -0.2) is 0 Å². The van der Waals surface area contributed by atoms with Crippen LogP contribution in [0.1, 0.15) is 0 Å². The number of benzene rings is 2. The van der Waals surface area contributed by atoms with Crippen LogP contribution in [-0.4, -0.2) is 0 Å². The highest BCUT2D eigenvalue weighted by Crippen LogP contribution is 2.31. The lowest BCUT2D eigenvalue weighted by molar-refractivity contribution is 1.68. The van der Waals surface area contributed by atoms with Crippen molar-refractivity contribution in [3.05, 3.63) is 24.3 Å². The first-order valence-electron chi connectivity index (χ1n) is 4.22. The SMILES string of the molecule is Nc1cc2ccc(N)c(N)c2cc1N. The summed E-state index contributed by atoms with van der Waals surface area (Å²) in [5.74, 6) is 0. The van der Waals surface area contributed by atoms with Gasteiger partial charge < -0.3 is 22.9 Å². The molecule has 2 rings (SSSR count). The van der Waals surface area contributed by atoms with Crippen molar-refractivity contribution < 1.29 is 0 Å². The van der Waals surface area contributed by atoms with Crippen molar-refractivity contribution in [3.63, 3.8) is 0 Å². The number of nitrogens with two attached hydrogens (primary N) is 4. The summed E-state index contributed by atoms with van der Waals surface area (Å²) in [5.41, 5.74) is 25.0. The third-order valence-electron chi connectivity index (χ3n) is 2.30. The largest absolute Gasteiger partial charge is 0.397 e. The highest BCUT2D eigenvalue weighted by Gasteiger charge is 2.04. The fourth-order valence-electron chi connectivity index (χ4n) is 1.45. The van der Waals surface area contributed by atoms with Crippen molar-refractivity contribution in [2.75, 3.05) is 22.9 Å². The van der Waals surface area contributed by atoms with E-state index in [-0.39, 0.29) is 0 Å². The summed E-state index contributed by atoms with van der Waals surface area (Å²) >= 11 is 0. The number of rotatable bonds is 0. The molecule has 0 spiro atoms. The van der Waals surface area contributed by atoms with Gasteiger partial charge in [-0.2, -0.15) is 0 Å². The van der Waals surface area contributed by atoms with E-state index in [2.05, 4.69) is 0 Å². The predicted octanol–water partition coefficient (Wildman–Crippen LogP) is 1.17. The average Bonchev–Trinajstić information content (AvgIpc) is 2.15. The van der Waals surface area contributed by atoms with E-state index < -0.39 is 0 Å². The molecule has 8 N–H and O–H groups in total. The molecule has 0 aliphatic rings. The number of nitrogen functional groups attached to an aromatic ring is 4. The minimum absolute atomic E-state index is 0.523. The van der Waals surface area contributed by atoms with Crippen molar-refractivity contribution in [3.8, 4) is 0 Å². The zero-order valence-corrected chi connectivity index (χ0v) is 7.62. The van der Waals surface area contributed by atoms with E-state index in [1.165, 1.54) is 0 Å². The van der Waals surface area contributed by atoms with Gasteiger partial charge in [0.25, 0.3) is 0 Å². The molecule has 4 heteroatoms. The van der Waals surface area contributed by atoms with Crippen LogP contribution in [0.5, 0.6) is 0 Å². The Balaban J connectivity index is 2.89. The minimum Gasteiger partial charge on any atom is -0.397 e. The Kier molecular flexibility index (Phi) is 1.64. The van der Waals surface area contributed by atoms with Gasteiger partial charge in [-0.15, -0.1) is 0 Å². The Morgan fingerprint density at radius 2 is 1.36 bits per heavy atom. The minimum atomic E-state index is 0.523. The van der Waals surface area contributed by atoms with Crippen LogP contribution in [0, 0.1) is 0 Å². The second kappa shape index (κ2) is 2.70. The summed E-state index contributed by atoms with van der Waals surface area (Å²) in [4.78, 5) is 0. The van der Waals surface area contributed by atoms with Crippen molar-refractivity contribution in [2.24, 2.45) is 0 Å². The molecule has 4 nitrogen and oxygen atoms in total. The molecule has 0 atom stereocenters. The summed E-state index contributed by atoms with van der Waals surface area (Å²) in [6, 6.07) is 7.17. The summed E-state index contributed by atoms with van der Waals surface area (Å²) in [5, 5.41) is 1.79. The Labute approximate surface area is 81.5 Å². The normalized spacial score (nSPS) is 10.6. The van der Waals surface area contributed by atoms with Gasteiger partial charge in [-0.1, -0.05) is 6.07 Å². The second-order valence-corrected chi connectivity index (χ2v) is 3.27. The van der Waals surface area contributed by atoms with Crippen LogP contribution in [0.3, 0.4) is 0 Å². The quantitative estimate of drug-likeness (QED) is 0.466. The maximum Gasteiger partial charge on any atom is 0.0628 e. The van der Waals surface area contributed by atoms with Crippen molar-refractivity contribution >= 4 is 33.5 Å². The maximum absolute atomic E-state index is 5.82. The molecule has 0 saturated carbocycles. The van der Waals surface area contributed by atoms with Crippen molar-refractivity contribution in [2.45, 2.75) is 0 Å². The predicted molar refractivity (Wildman–Crippen MR) is 61.6 cm³/mol. The van der Waals surface area contributed by atoms with Crippen LogP contribution in [0.4, 0.5) is 22.7 Å². The average molecular weight is 188 g/mol. The van der Waals surface area contributed by atoms with E-state index in [4.69, 9.17) is 22.9 Å². The molecule has 0 fully saturated rings. The zero-order chi connectivity index (χ0) is 10.3. The van der Waals surface area contributed by atoms with Crippen molar-refractivity contribution in [1.82, 2.24) is 0 Å². The lowest BCUT2D eigenvalue weighted by Gasteiger charge is -2.07. The highest BCUT2D eigenvalue weighted by atomic mass is 14.7. The molecule has 0 heterocycles. The first-order valence-corrected chi connectivity index (χ1v) is 4.22. The molecule has 0 saturated heterocycles. The summed E-state index contributed by atoms with van der Waals surface area (Å²) < 4.78 is 0. The standard InChI is InChI=1S/C10H12N4/c11-7-2-1-5-3-8(12)9(13)4-6(5)10(7)14/h1-4H,11-14H2. The first kappa shape index (κ1) is 8.50. The smallest absolute Gasteiger partial charge is 0.0628 e. The molecule has 2 aromatic carbocycles. The van der Waals surface area contributed by atoms with E-state index in [0.717, 1.165) is 10.8 Å². The third-order valence-corrected chi connectivity index (χ3v) is 2.30. The Morgan fingerprint density at radius 1 is 0.714 bits per heavy atom. The van der Waals surface area contributed by atoms with Gasteiger partial charge >= 0.3 is 0 Å². The molecule has 72 valence electrons. The molecule has 0 amide bonds. The van der Waals surface area contributed by atoms with E-state index >= 15 is 0 Å². The molecule has 0 aliphatic heterocycles. The Morgan fingerprint density at radius 3 is 2.07 bits per heavy atom. The maximum atomic E-state index is 5.82. The molecule has 2 aromatic rings. The van der Waals surface area contributed by atoms with Gasteiger partial charge in [0.05, 0.1) is 22.7 Å². The van der Waals surface area contributed by atoms with Gasteiger partial charge in [0.2, 0.25) is 0 Å². The van der Waals surface area contributed by atoms with Gasteiger partial charge in [-0.3, -0.25) is 0 Å². The third kappa shape index (κ3) is 1.08. The summed E-state index contributed by atoms with van der Waals surface area (Å²) in [7, 11) is 0. The van der Waals surface area contributed by atoms with Crippen LogP contribution in [0.2, 0.25) is 0 Å². The molecule has 0 bridgehead atoms. The lowest BCUT2D eigenvalue weighted by atomic mass is 10.1. The van der Waals surface area contributed by atoms with Gasteiger partial charge in [0.1, 0.15) is 0 Å². The highest BCUT2D eigenvalue weighted by molar-refractivity contribution is 6.02. The van der Waals surface area contributed by atoms with E-state index in [1.807, 2.05) is 6.07 Å². The van der Waals surface area contributed by atoms with Crippen LogP contribution in [-0.2, 0) is 0 Å². The fraction of sp³-hybridized carbons (Fsp3) is 0. The van der Waals surface area contributed by atoms with Crippen LogP contribution in [0.15, 0.2) is 24.3 Å².